The Morgan fingerprint density at radius 2 is 1.95 bits per heavy atom. The van der Waals surface area contributed by atoms with E-state index in [2.05, 4.69) is 26.2 Å². The molecule has 0 aliphatic carbocycles. The van der Waals surface area contributed by atoms with E-state index in [1.54, 1.807) is 11.3 Å². The molecule has 2 heterocycles. The van der Waals surface area contributed by atoms with E-state index in [9.17, 15) is 0 Å². The van der Waals surface area contributed by atoms with Crippen LogP contribution in [0.3, 0.4) is 0 Å². The van der Waals surface area contributed by atoms with Gasteiger partial charge in [-0.3, -0.25) is 0 Å². The van der Waals surface area contributed by atoms with E-state index in [1.807, 2.05) is 24.3 Å². The lowest BCUT2D eigenvalue weighted by Gasteiger charge is -2.25. The van der Waals surface area contributed by atoms with Crippen molar-refractivity contribution in [2.75, 3.05) is 6.61 Å². The highest BCUT2D eigenvalue weighted by molar-refractivity contribution is 7.09. The fraction of sp³-hybridized carbons (Fsp3) is 0.400. The van der Waals surface area contributed by atoms with Crippen molar-refractivity contribution in [3.8, 4) is 11.5 Å². The highest BCUT2D eigenvalue weighted by atomic mass is 32.1. The fourth-order valence-electron chi connectivity index (χ4n) is 1.92. The van der Waals surface area contributed by atoms with Gasteiger partial charge < -0.3 is 9.47 Å². The molecule has 1 aliphatic heterocycles. The zero-order valence-corrected chi connectivity index (χ0v) is 12.2. The quantitative estimate of drug-likeness (QED) is 0.789. The Morgan fingerprint density at radius 3 is 2.63 bits per heavy atom. The number of aromatic nitrogens is 1. The Morgan fingerprint density at radius 1 is 1.21 bits per heavy atom. The normalized spacial score (nSPS) is 18.4. The maximum Gasteiger partial charge on any atom is 0.184 e. The van der Waals surface area contributed by atoms with Crippen molar-refractivity contribution < 1.29 is 9.47 Å². The van der Waals surface area contributed by atoms with E-state index in [1.165, 1.54) is 0 Å². The molecule has 2 aromatic rings. The van der Waals surface area contributed by atoms with Gasteiger partial charge in [0.05, 0.1) is 5.69 Å². The molecule has 1 aromatic heterocycles. The number of rotatable bonds is 1. The molecule has 3 nitrogen and oxygen atoms in total. The van der Waals surface area contributed by atoms with Gasteiger partial charge in [0.15, 0.2) is 17.6 Å². The predicted octanol–water partition coefficient (Wildman–Crippen LogP) is 3.95. The molecule has 1 atom stereocenters. The summed E-state index contributed by atoms with van der Waals surface area (Å²) in [4.78, 5) is 4.69. The van der Waals surface area contributed by atoms with Gasteiger partial charge >= 0.3 is 0 Å². The monoisotopic (exact) mass is 275 g/mol. The van der Waals surface area contributed by atoms with Gasteiger partial charge in [-0.1, -0.05) is 32.9 Å². The van der Waals surface area contributed by atoms with Crippen LogP contribution in [0.15, 0.2) is 29.6 Å². The van der Waals surface area contributed by atoms with Gasteiger partial charge in [-0.2, -0.15) is 0 Å². The summed E-state index contributed by atoms with van der Waals surface area (Å²) in [6.45, 7) is 7.02. The SMILES string of the molecule is CC(C)(C)c1csc([C@@H]2COc3ccccc3O2)n1. The van der Waals surface area contributed by atoms with Crippen molar-refractivity contribution in [3.05, 3.63) is 40.3 Å². The Hall–Kier alpha value is -1.55. The zero-order valence-electron chi connectivity index (χ0n) is 11.3. The molecular weight excluding hydrogens is 258 g/mol. The average Bonchev–Trinajstić information content (AvgIpc) is 2.87. The van der Waals surface area contributed by atoms with Gasteiger partial charge in [0.2, 0.25) is 0 Å². The molecule has 3 rings (SSSR count). The summed E-state index contributed by atoms with van der Waals surface area (Å²) in [6.07, 6.45) is -0.101. The number of para-hydroxylation sites is 2. The van der Waals surface area contributed by atoms with E-state index in [-0.39, 0.29) is 11.5 Å². The second kappa shape index (κ2) is 4.53. The lowest BCUT2D eigenvalue weighted by molar-refractivity contribution is 0.0909. The topological polar surface area (TPSA) is 31.4 Å². The highest BCUT2D eigenvalue weighted by Crippen LogP contribution is 2.37. The number of thiazole rings is 1. The van der Waals surface area contributed by atoms with Crippen molar-refractivity contribution in [1.82, 2.24) is 4.98 Å². The maximum atomic E-state index is 5.97. The molecule has 0 fully saturated rings. The lowest BCUT2D eigenvalue weighted by Crippen LogP contribution is -2.22. The summed E-state index contributed by atoms with van der Waals surface area (Å²) >= 11 is 1.64. The Balaban J connectivity index is 1.83. The number of fused-ring (bicyclic) bond motifs is 1. The van der Waals surface area contributed by atoms with Crippen LogP contribution >= 0.6 is 11.3 Å². The predicted molar refractivity (Wildman–Crippen MR) is 76.1 cm³/mol. The summed E-state index contributed by atoms with van der Waals surface area (Å²) in [6, 6.07) is 7.75. The van der Waals surface area contributed by atoms with E-state index in [4.69, 9.17) is 14.5 Å². The number of hydrogen-bond acceptors (Lipinski definition) is 4. The van der Waals surface area contributed by atoms with E-state index in [0.717, 1.165) is 22.2 Å². The molecule has 0 radical (unpaired) electrons. The Bertz CT molecular complexity index is 586. The summed E-state index contributed by atoms with van der Waals surface area (Å²) in [7, 11) is 0. The highest BCUT2D eigenvalue weighted by Gasteiger charge is 2.26. The minimum absolute atomic E-state index is 0.0716. The van der Waals surface area contributed by atoms with Crippen LogP contribution in [-0.4, -0.2) is 11.6 Å². The third kappa shape index (κ3) is 2.45. The third-order valence-corrected chi connectivity index (χ3v) is 4.01. The molecule has 1 aliphatic rings. The molecule has 0 amide bonds. The number of benzene rings is 1. The maximum absolute atomic E-state index is 5.97. The molecule has 19 heavy (non-hydrogen) atoms. The molecular formula is C15H17NO2S. The van der Waals surface area contributed by atoms with Gasteiger partial charge in [-0.05, 0) is 12.1 Å². The van der Waals surface area contributed by atoms with Gasteiger partial charge in [0, 0.05) is 10.8 Å². The minimum atomic E-state index is -0.101. The fourth-order valence-corrected chi connectivity index (χ4v) is 2.98. The third-order valence-electron chi connectivity index (χ3n) is 3.07. The first-order valence-corrected chi connectivity index (χ1v) is 7.26. The molecule has 0 spiro atoms. The summed E-state index contributed by atoms with van der Waals surface area (Å²) in [5.74, 6) is 1.61. The van der Waals surface area contributed by atoms with E-state index in [0.29, 0.717) is 6.61 Å². The van der Waals surface area contributed by atoms with Crippen molar-refractivity contribution in [3.63, 3.8) is 0 Å². The zero-order chi connectivity index (χ0) is 13.5. The van der Waals surface area contributed by atoms with Crippen LogP contribution in [-0.2, 0) is 5.41 Å². The second-order valence-corrected chi connectivity index (χ2v) is 6.57. The van der Waals surface area contributed by atoms with Crippen LogP contribution in [0, 0.1) is 0 Å². The Kier molecular flexibility index (Phi) is 2.97. The first-order chi connectivity index (χ1) is 9.04. The molecule has 0 bridgehead atoms. The van der Waals surface area contributed by atoms with Crippen molar-refractivity contribution >= 4 is 11.3 Å². The summed E-state index contributed by atoms with van der Waals surface area (Å²) in [5, 5.41) is 3.10. The van der Waals surface area contributed by atoms with Crippen molar-refractivity contribution in [1.29, 1.82) is 0 Å². The summed E-state index contributed by atoms with van der Waals surface area (Å²) in [5.41, 5.74) is 1.18. The molecule has 0 N–H and O–H groups in total. The molecule has 0 saturated heterocycles. The molecule has 4 heteroatoms. The molecule has 0 saturated carbocycles. The van der Waals surface area contributed by atoms with Crippen molar-refractivity contribution in [2.45, 2.75) is 32.3 Å². The summed E-state index contributed by atoms with van der Waals surface area (Å²) < 4.78 is 11.7. The number of ether oxygens (including phenoxy) is 2. The Labute approximate surface area is 117 Å². The standard InChI is InChI=1S/C15H17NO2S/c1-15(2,3)13-9-19-14(16-13)12-8-17-10-6-4-5-7-11(10)18-12/h4-7,9,12H,8H2,1-3H3/t12-/m0/s1. The lowest BCUT2D eigenvalue weighted by atomic mass is 9.93. The average molecular weight is 275 g/mol. The second-order valence-electron chi connectivity index (χ2n) is 5.69. The van der Waals surface area contributed by atoms with Gasteiger partial charge in [-0.15, -0.1) is 11.3 Å². The first-order valence-electron chi connectivity index (χ1n) is 6.38. The first kappa shape index (κ1) is 12.5. The van der Waals surface area contributed by atoms with Crippen molar-refractivity contribution in [2.24, 2.45) is 0 Å². The van der Waals surface area contributed by atoms with Gasteiger partial charge in [0.1, 0.15) is 11.6 Å². The van der Waals surface area contributed by atoms with E-state index >= 15 is 0 Å². The largest absolute Gasteiger partial charge is 0.485 e. The smallest absolute Gasteiger partial charge is 0.184 e. The number of nitrogens with zero attached hydrogens (tertiary/aromatic N) is 1. The number of hydrogen-bond donors (Lipinski definition) is 0. The van der Waals surface area contributed by atoms with Crippen LogP contribution < -0.4 is 9.47 Å². The van der Waals surface area contributed by atoms with Gasteiger partial charge in [0.25, 0.3) is 0 Å². The molecule has 100 valence electrons. The van der Waals surface area contributed by atoms with Crippen LogP contribution in [0.4, 0.5) is 0 Å². The van der Waals surface area contributed by atoms with Crippen LogP contribution in [0.5, 0.6) is 11.5 Å². The van der Waals surface area contributed by atoms with Gasteiger partial charge in [-0.25, -0.2) is 4.98 Å². The van der Waals surface area contributed by atoms with Crippen LogP contribution in [0.2, 0.25) is 0 Å². The molecule has 1 aromatic carbocycles. The van der Waals surface area contributed by atoms with Crippen LogP contribution in [0.1, 0.15) is 37.6 Å². The van der Waals surface area contributed by atoms with E-state index < -0.39 is 0 Å². The molecule has 0 unspecified atom stereocenters. The van der Waals surface area contributed by atoms with Crippen LogP contribution in [0.25, 0.3) is 0 Å². The minimum Gasteiger partial charge on any atom is -0.485 e.